The third-order valence-electron chi connectivity index (χ3n) is 8.25. The molecule has 11 nitrogen and oxygen atoms in total. The summed E-state index contributed by atoms with van der Waals surface area (Å²) >= 11 is 0. The summed E-state index contributed by atoms with van der Waals surface area (Å²) in [5.41, 5.74) is 6.49. The van der Waals surface area contributed by atoms with Crippen LogP contribution in [-0.4, -0.2) is 82.0 Å². The van der Waals surface area contributed by atoms with Crippen molar-refractivity contribution in [3.05, 3.63) is 71.8 Å². The van der Waals surface area contributed by atoms with E-state index >= 15 is 0 Å². The first-order chi connectivity index (χ1) is 21.8. The van der Waals surface area contributed by atoms with Gasteiger partial charge in [0.2, 0.25) is 0 Å². The molecule has 1 aliphatic carbocycles. The van der Waals surface area contributed by atoms with Gasteiger partial charge in [0.1, 0.15) is 5.60 Å². The highest BCUT2D eigenvalue weighted by Gasteiger charge is 2.46. The van der Waals surface area contributed by atoms with E-state index in [1.807, 2.05) is 60.7 Å². The maximum absolute atomic E-state index is 14.5. The first kappa shape index (κ1) is 36.7. The van der Waals surface area contributed by atoms with E-state index in [0.717, 1.165) is 30.4 Å². The third kappa shape index (κ3) is 10.9. The van der Waals surface area contributed by atoms with E-state index in [1.165, 1.54) is 12.0 Å². The van der Waals surface area contributed by atoms with Crippen LogP contribution in [0.1, 0.15) is 70.4 Å². The summed E-state index contributed by atoms with van der Waals surface area (Å²) in [6.07, 6.45) is 0.487. The first-order valence-corrected chi connectivity index (χ1v) is 15.9. The summed E-state index contributed by atoms with van der Waals surface area (Å²) in [5.74, 6) is -4.01. The van der Waals surface area contributed by atoms with Gasteiger partial charge >= 0.3 is 12.1 Å². The van der Waals surface area contributed by atoms with Gasteiger partial charge in [0.25, 0.3) is 5.91 Å². The molecule has 5 N–H and O–H groups in total. The van der Waals surface area contributed by atoms with Gasteiger partial charge in [-0.3, -0.25) is 14.4 Å². The number of primary amides is 1. The SMILES string of the molecule is CO[C@H](C(N)=O)N(C1CCCCC1)C(C(=O)O)C(=O)C(Cc1ccccc1)C[C@H](O)[C@H](Cc1ccccc1)NC(=O)OC(C)(C)C. The number of carbonyl (C=O) groups excluding carboxylic acids is 3. The van der Waals surface area contributed by atoms with Crippen molar-refractivity contribution in [1.29, 1.82) is 0 Å². The molecule has 0 radical (unpaired) electrons. The lowest BCUT2D eigenvalue weighted by molar-refractivity contribution is -0.167. The Labute approximate surface area is 271 Å². The molecular weight excluding hydrogens is 590 g/mol. The molecule has 0 saturated heterocycles. The molecular formula is C35H49N3O8. The van der Waals surface area contributed by atoms with Gasteiger partial charge in [-0.15, -0.1) is 0 Å². The van der Waals surface area contributed by atoms with Crippen LogP contribution in [-0.2, 0) is 36.7 Å². The van der Waals surface area contributed by atoms with Crippen LogP contribution in [0.3, 0.4) is 0 Å². The summed E-state index contributed by atoms with van der Waals surface area (Å²) in [6, 6.07) is 15.3. The van der Waals surface area contributed by atoms with Gasteiger partial charge in [-0.1, -0.05) is 79.9 Å². The number of nitrogens with one attached hydrogen (secondary N) is 1. The molecule has 2 amide bonds. The van der Waals surface area contributed by atoms with Crippen LogP contribution in [0.25, 0.3) is 0 Å². The van der Waals surface area contributed by atoms with Crippen molar-refractivity contribution in [3.8, 4) is 0 Å². The first-order valence-electron chi connectivity index (χ1n) is 15.9. The molecule has 0 aliphatic heterocycles. The molecule has 252 valence electrons. The van der Waals surface area contributed by atoms with Gasteiger partial charge in [0.05, 0.1) is 12.1 Å². The Morgan fingerprint density at radius 3 is 1.96 bits per heavy atom. The topological polar surface area (TPSA) is 168 Å². The van der Waals surface area contributed by atoms with E-state index in [1.54, 1.807) is 20.8 Å². The molecule has 3 rings (SSSR count). The number of alkyl carbamates (subject to hydrolysis) is 1. The maximum Gasteiger partial charge on any atom is 0.407 e. The lowest BCUT2D eigenvalue weighted by Gasteiger charge is -2.41. The zero-order valence-electron chi connectivity index (χ0n) is 27.3. The number of amides is 2. The van der Waals surface area contributed by atoms with E-state index in [0.29, 0.717) is 12.8 Å². The van der Waals surface area contributed by atoms with Crippen molar-refractivity contribution < 1.29 is 38.9 Å². The number of methoxy groups -OCH3 is 1. The number of carboxylic acid groups (broad SMARTS) is 1. The van der Waals surface area contributed by atoms with Gasteiger partial charge in [-0.2, -0.15) is 0 Å². The number of aliphatic carboxylic acids is 1. The summed E-state index contributed by atoms with van der Waals surface area (Å²) in [7, 11) is 1.26. The van der Waals surface area contributed by atoms with E-state index in [2.05, 4.69) is 5.32 Å². The molecule has 0 heterocycles. The number of hydrogen-bond acceptors (Lipinski definition) is 8. The fourth-order valence-corrected chi connectivity index (χ4v) is 6.19. The van der Waals surface area contributed by atoms with E-state index in [9.17, 15) is 29.4 Å². The number of ether oxygens (including phenoxy) is 2. The second kappa shape index (κ2) is 17.2. The quantitative estimate of drug-likeness (QED) is 0.157. The second-order valence-electron chi connectivity index (χ2n) is 13.0. The summed E-state index contributed by atoms with van der Waals surface area (Å²) in [5, 5.41) is 25.0. The predicted octanol–water partition coefficient (Wildman–Crippen LogP) is 3.85. The highest BCUT2D eigenvalue weighted by molar-refractivity contribution is 6.04. The Morgan fingerprint density at radius 2 is 1.48 bits per heavy atom. The average Bonchev–Trinajstić information content (AvgIpc) is 3.00. The molecule has 2 aromatic carbocycles. The summed E-state index contributed by atoms with van der Waals surface area (Å²) in [6.45, 7) is 5.19. The minimum atomic E-state index is -1.76. The van der Waals surface area contributed by atoms with Crippen molar-refractivity contribution in [1.82, 2.24) is 10.2 Å². The Bertz CT molecular complexity index is 1280. The highest BCUT2D eigenvalue weighted by atomic mass is 16.6. The van der Waals surface area contributed by atoms with Crippen LogP contribution < -0.4 is 11.1 Å². The largest absolute Gasteiger partial charge is 0.480 e. The number of nitrogens with two attached hydrogens (primary N) is 1. The molecule has 0 spiro atoms. The number of benzene rings is 2. The maximum atomic E-state index is 14.5. The molecule has 2 aromatic rings. The minimum Gasteiger partial charge on any atom is -0.480 e. The van der Waals surface area contributed by atoms with Crippen LogP contribution >= 0.6 is 0 Å². The van der Waals surface area contributed by atoms with Crippen molar-refractivity contribution >= 4 is 23.8 Å². The Morgan fingerprint density at radius 1 is 0.935 bits per heavy atom. The molecule has 5 atom stereocenters. The Hall–Kier alpha value is -3.80. The number of rotatable bonds is 16. The van der Waals surface area contributed by atoms with Crippen LogP contribution in [0.15, 0.2) is 60.7 Å². The van der Waals surface area contributed by atoms with Crippen LogP contribution in [0.5, 0.6) is 0 Å². The fraction of sp³-hybridized carbons (Fsp3) is 0.543. The summed E-state index contributed by atoms with van der Waals surface area (Å²) < 4.78 is 10.9. The lowest BCUT2D eigenvalue weighted by Crippen LogP contribution is -2.61. The number of aliphatic hydroxyl groups excluding tert-OH is 1. The lowest BCUT2D eigenvalue weighted by atomic mass is 9.83. The zero-order valence-corrected chi connectivity index (χ0v) is 27.3. The average molecular weight is 640 g/mol. The van der Waals surface area contributed by atoms with Gasteiger partial charge in [0.15, 0.2) is 18.1 Å². The monoisotopic (exact) mass is 639 g/mol. The molecule has 1 saturated carbocycles. The van der Waals surface area contributed by atoms with Crippen molar-refractivity contribution in [2.45, 2.75) is 108 Å². The fourth-order valence-electron chi connectivity index (χ4n) is 6.19. The number of carboxylic acids is 1. The second-order valence-corrected chi connectivity index (χ2v) is 13.0. The van der Waals surface area contributed by atoms with Gasteiger partial charge < -0.3 is 30.7 Å². The molecule has 0 aromatic heterocycles. The number of hydrogen-bond donors (Lipinski definition) is 4. The van der Waals surface area contributed by atoms with Crippen molar-refractivity contribution in [2.24, 2.45) is 11.7 Å². The Balaban J connectivity index is 2.01. The van der Waals surface area contributed by atoms with E-state index in [4.69, 9.17) is 15.2 Å². The normalized spacial score (nSPS) is 17.3. The third-order valence-corrected chi connectivity index (χ3v) is 8.25. The number of Topliss-reactive ketones (excluding diaryl/α,β-unsaturated/α-hetero) is 1. The van der Waals surface area contributed by atoms with E-state index in [-0.39, 0.29) is 19.3 Å². The van der Waals surface area contributed by atoms with Gasteiger partial charge in [0, 0.05) is 19.1 Å². The molecule has 2 unspecified atom stereocenters. The molecule has 46 heavy (non-hydrogen) atoms. The molecule has 1 fully saturated rings. The standard InChI is InChI=1S/C35H49N3O8/c1-35(2,3)46-34(44)37-27(21-24-16-10-6-11-17-24)28(39)22-25(20-23-14-8-5-9-15-23)30(40)29(33(42)43)38(32(45-4)31(36)41)26-18-12-7-13-19-26/h5-6,8-11,14-17,25-29,32,39H,7,12-13,18-22H2,1-4H3,(H2,36,41)(H,37,44)(H,42,43)/t25?,27-,28-,29?,32+/m0/s1. The Kier molecular flexibility index (Phi) is 13.7. The van der Waals surface area contributed by atoms with Crippen molar-refractivity contribution in [3.63, 3.8) is 0 Å². The number of nitrogens with zero attached hydrogens (tertiary/aromatic N) is 1. The highest BCUT2D eigenvalue weighted by Crippen LogP contribution is 2.30. The number of carbonyl (C=O) groups is 4. The zero-order chi connectivity index (χ0) is 33.9. The molecule has 11 heteroatoms. The smallest absolute Gasteiger partial charge is 0.407 e. The predicted molar refractivity (Wildman–Crippen MR) is 173 cm³/mol. The van der Waals surface area contributed by atoms with Crippen molar-refractivity contribution in [2.75, 3.05) is 7.11 Å². The van der Waals surface area contributed by atoms with Gasteiger partial charge in [-0.25, -0.2) is 9.69 Å². The van der Waals surface area contributed by atoms with Gasteiger partial charge in [-0.05, 0) is 64.0 Å². The van der Waals surface area contributed by atoms with Crippen LogP contribution in [0.4, 0.5) is 4.79 Å². The van der Waals surface area contributed by atoms with Crippen LogP contribution in [0.2, 0.25) is 0 Å². The molecule has 1 aliphatic rings. The minimum absolute atomic E-state index is 0.123. The summed E-state index contributed by atoms with van der Waals surface area (Å²) in [4.78, 5) is 54.1. The number of ketones is 1. The number of aliphatic hydroxyl groups is 1. The molecule has 0 bridgehead atoms. The van der Waals surface area contributed by atoms with E-state index < -0.39 is 65.7 Å². The van der Waals surface area contributed by atoms with Crippen LogP contribution in [0, 0.1) is 5.92 Å².